The third-order valence-corrected chi connectivity index (χ3v) is 9.25. The Morgan fingerprint density at radius 1 is 1.03 bits per heavy atom. The van der Waals surface area contributed by atoms with E-state index >= 15 is 0 Å². The van der Waals surface area contributed by atoms with Crippen molar-refractivity contribution in [2.75, 3.05) is 0 Å². The lowest BCUT2D eigenvalue weighted by molar-refractivity contribution is -0.117. The van der Waals surface area contributed by atoms with E-state index in [2.05, 4.69) is 76.5 Å². The normalized spacial score (nSPS) is 28.3. The van der Waals surface area contributed by atoms with E-state index in [4.69, 9.17) is 8.85 Å². The maximum atomic E-state index is 11.7. The summed E-state index contributed by atoms with van der Waals surface area (Å²) in [5.74, 6) is 1.44. The quantitative estimate of drug-likeness (QED) is 0.346. The van der Waals surface area contributed by atoms with Crippen molar-refractivity contribution in [1.29, 1.82) is 0 Å². The molecule has 1 saturated carbocycles. The fourth-order valence-corrected chi connectivity index (χ4v) is 8.69. The summed E-state index contributed by atoms with van der Waals surface area (Å²) >= 11 is 0. The maximum Gasteiger partial charge on any atom is 0.242 e. The molecular weight excluding hydrogens is 416 g/mol. The van der Waals surface area contributed by atoms with Crippen LogP contribution in [0.2, 0.25) is 39.3 Å². The van der Waals surface area contributed by atoms with Gasteiger partial charge < -0.3 is 13.6 Å². The van der Waals surface area contributed by atoms with Crippen molar-refractivity contribution in [1.82, 2.24) is 0 Å². The fourth-order valence-electron chi connectivity index (χ4n) is 6.26. The predicted molar refractivity (Wildman–Crippen MR) is 134 cm³/mol. The van der Waals surface area contributed by atoms with Crippen LogP contribution in [0.1, 0.15) is 49.7 Å². The number of rotatable bonds is 6. The standard InChI is InChI=1S/C26H38O3Si2/c1-25-14-12-22-21-11-9-20(28-30(2,3)4)18-19(21)8-10-23(22)24(25)13-15-26(25,16-17-27)29-31(5,6)7/h8-11,17-18,24H,12-16H2,1-7H3/t24-,25-,26-/m0/s1. The first-order chi connectivity index (χ1) is 14.4. The molecule has 5 heteroatoms. The van der Waals surface area contributed by atoms with E-state index in [1.807, 2.05) is 0 Å². The highest BCUT2D eigenvalue weighted by molar-refractivity contribution is 6.70. The molecule has 0 spiro atoms. The fraction of sp³-hybridized carbons (Fsp3) is 0.577. The maximum absolute atomic E-state index is 11.7. The van der Waals surface area contributed by atoms with Gasteiger partial charge in [0.05, 0.1) is 5.60 Å². The van der Waals surface area contributed by atoms with Gasteiger partial charge in [-0.25, -0.2) is 0 Å². The predicted octanol–water partition coefficient (Wildman–Crippen LogP) is 7.06. The van der Waals surface area contributed by atoms with E-state index in [0.717, 1.165) is 37.7 Å². The number of aryl methyl sites for hydroxylation is 1. The summed E-state index contributed by atoms with van der Waals surface area (Å²) in [6, 6.07) is 11.2. The SMILES string of the molecule is C[C@]12CCc3c(ccc4cc(O[Si](C)(C)C)ccc34)[C@@H]1CC[C@@]2(CC=O)O[Si](C)(C)C. The molecule has 31 heavy (non-hydrogen) atoms. The first-order valence-electron chi connectivity index (χ1n) is 11.8. The Kier molecular flexibility index (Phi) is 5.55. The Morgan fingerprint density at radius 2 is 1.77 bits per heavy atom. The topological polar surface area (TPSA) is 35.5 Å². The van der Waals surface area contributed by atoms with Gasteiger partial charge in [-0.1, -0.05) is 25.1 Å². The van der Waals surface area contributed by atoms with Crippen LogP contribution in [0.25, 0.3) is 10.8 Å². The number of carbonyl (C=O) groups excluding carboxylic acids is 1. The Labute approximate surface area is 189 Å². The van der Waals surface area contributed by atoms with Crippen molar-refractivity contribution in [2.45, 2.75) is 89.8 Å². The van der Waals surface area contributed by atoms with E-state index in [0.29, 0.717) is 12.3 Å². The summed E-state index contributed by atoms with van der Waals surface area (Å²) in [6.45, 7) is 15.8. The Bertz CT molecular complexity index is 1000. The first-order valence-corrected chi connectivity index (χ1v) is 18.6. The second-order valence-electron chi connectivity index (χ2n) is 11.8. The number of benzene rings is 2. The zero-order valence-corrected chi connectivity index (χ0v) is 22.3. The molecule has 3 nitrogen and oxygen atoms in total. The van der Waals surface area contributed by atoms with Crippen LogP contribution in [0.4, 0.5) is 0 Å². The van der Waals surface area contributed by atoms with Gasteiger partial charge in [0, 0.05) is 11.8 Å². The number of fused-ring (bicyclic) bond motifs is 5. The highest BCUT2D eigenvalue weighted by Crippen LogP contribution is 2.63. The molecule has 3 atom stereocenters. The number of carbonyl (C=O) groups is 1. The largest absolute Gasteiger partial charge is 0.544 e. The van der Waals surface area contributed by atoms with Crippen LogP contribution < -0.4 is 4.43 Å². The van der Waals surface area contributed by atoms with Gasteiger partial charge in [-0.3, -0.25) is 0 Å². The third kappa shape index (κ3) is 4.05. The molecule has 2 aromatic carbocycles. The van der Waals surface area contributed by atoms with Crippen LogP contribution in [0, 0.1) is 5.41 Å². The minimum atomic E-state index is -1.79. The Balaban J connectivity index is 1.75. The summed E-state index contributed by atoms with van der Waals surface area (Å²) in [4.78, 5) is 11.7. The molecule has 0 bridgehead atoms. The van der Waals surface area contributed by atoms with Gasteiger partial charge in [0.2, 0.25) is 8.32 Å². The van der Waals surface area contributed by atoms with Gasteiger partial charge >= 0.3 is 0 Å². The molecule has 2 aliphatic carbocycles. The van der Waals surface area contributed by atoms with Crippen LogP contribution in [0.15, 0.2) is 30.3 Å². The third-order valence-electron chi connectivity index (χ3n) is 7.39. The lowest BCUT2D eigenvalue weighted by atomic mass is 9.60. The minimum Gasteiger partial charge on any atom is -0.544 e. The summed E-state index contributed by atoms with van der Waals surface area (Å²) in [5.41, 5.74) is 2.67. The molecule has 0 aliphatic heterocycles. The molecular formula is C26H38O3Si2. The monoisotopic (exact) mass is 454 g/mol. The highest BCUT2D eigenvalue weighted by atomic mass is 28.4. The molecule has 0 N–H and O–H groups in total. The smallest absolute Gasteiger partial charge is 0.242 e. The molecule has 2 aromatic rings. The van der Waals surface area contributed by atoms with Crippen LogP contribution >= 0.6 is 0 Å². The van der Waals surface area contributed by atoms with Crippen LogP contribution in [0.5, 0.6) is 5.75 Å². The average Bonchev–Trinajstić information content (AvgIpc) is 2.91. The molecule has 0 unspecified atom stereocenters. The van der Waals surface area contributed by atoms with Crippen molar-refractivity contribution in [2.24, 2.45) is 5.41 Å². The molecule has 0 radical (unpaired) electrons. The van der Waals surface area contributed by atoms with E-state index in [-0.39, 0.29) is 11.0 Å². The van der Waals surface area contributed by atoms with Crippen LogP contribution in [0.3, 0.4) is 0 Å². The molecule has 4 rings (SSSR count). The second kappa shape index (κ2) is 7.56. The van der Waals surface area contributed by atoms with Crippen molar-refractivity contribution >= 4 is 33.7 Å². The minimum absolute atomic E-state index is 0.00968. The summed E-state index contributed by atoms with van der Waals surface area (Å²) < 4.78 is 13.1. The van der Waals surface area contributed by atoms with E-state index in [9.17, 15) is 4.79 Å². The molecule has 1 fully saturated rings. The molecule has 168 valence electrons. The second-order valence-corrected chi connectivity index (χ2v) is 20.7. The molecule has 0 amide bonds. The molecule has 0 aromatic heterocycles. The van der Waals surface area contributed by atoms with E-state index < -0.39 is 16.6 Å². The van der Waals surface area contributed by atoms with Crippen molar-refractivity contribution in [3.8, 4) is 5.75 Å². The zero-order chi connectivity index (χ0) is 22.7. The number of aldehydes is 1. The van der Waals surface area contributed by atoms with Crippen molar-refractivity contribution in [3.63, 3.8) is 0 Å². The molecule has 0 saturated heterocycles. The highest BCUT2D eigenvalue weighted by Gasteiger charge is 2.60. The zero-order valence-electron chi connectivity index (χ0n) is 20.3. The van der Waals surface area contributed by atoms with Crippen molar-refractivity contribution in [3.05, 3.63) is 41.5 Å². The van der Waals surface area contributed by atoms with Gasteiger partial charge in [-0.2, -0.15) is 0 Å². The Hall–Kier alpha value is -1.44. The van der Waals surface area contributed by atoms with Gasteiger partial charge in [-0.05, 0) is 105 Å². The van der Waals surface area contributed by atoms with Gasteiger partial charge in [0.15, 0.2) is 8.32 Å². The van der Waals surface area contributed by atoms with Crippen LogP contribution in [-0.2, 0) is 15.6 Å². The molecule has 0 heterocycles. The van der Waals surface area contributed by atoms with Gasteiger partial charge in [-0.15, -0.1) is 0 Å². The Morgan fingerprint density at radius 3 is 2.42 bits per heavy atom. The van der Waals surface area contributed by atoms with Crippen LogP contribution in [-0.4, -0.2) is 28.5 Å². The summed E-state index contributed by atoms with van der Waals surface area (Å²) in [6.07, 6.45) is 5.83. The number of hydrogen-bond acceptors (Lipinski definition) is 3. The average molecular weight is 455 g/mol. The molecule has 2 aliphatic rings. The number of hydrogen-bond donors (Lipinski definition) is 0. The van der Waals surface area contributed by atoms with Gasteiger partial charge in [0.25, 0.3) is 0 Å². The van der Waals surface area contributed by atoms with E-state index in [1.54, 1.807) is 0 Å². The van der Waals surface area contributed by atoms with Gasteiger partial charge in [0.1, 0.15) is 12.0 Å². The van der Waals surface area contributed by atoms with E-state index in [1.165, 1.54) is 21.9 Å². The van der Waals surface area contributed by atoms with Crippen molar-refractivity contribution < 1.29 is 13.6 Å². The summed E-state index contributed by atoms with van der Waals surface area (Å²) in [5, 5.41) is 2.63. The first kappa shape index (κ1) is 22.7. The summed E-state index contributed by atoms with van der Waals surface area (Å²) in [7, 11) is -3.41. The lowest BCUT2D eigenvalue weighted by Gasteiger charge is -2.51. The lowest BCUT2D eigenvalue weighted by Crippen LogP contribution is -2.53.